The van der Waals surface area contributed by atoms with Crippen LogP contribution in [0.4, 0.5) is 17.1 Å². The second-order valence-corrected chi connectivity index (χ2v) is 12.6. The van der Waals surface area contributed by atoms with E-state index in [1.165, 1.54) is 44.2 Å². The number of rotatable bonds is 4. The largest absolute Gasteiger partial charge is 0.456 e. The molecule has 1 aliphatic carbocycles. The zero-order valence-corrected chi connectivity index (χ0v) is 25.3. The zero-order chi connectivity index (χ0) is 30.1. The monoisotopic (exact) mass is 577 g/mol. The van der Waals surface area contributed by atoms with Crippen molar-refractivity contribution in [2.24, 2.45) is 0 Å². The summed E-state index contributed by atoms with van der Waals surface area (Å²) in [6, 6.07) is 54.5. The Morgan fingerprint density at radius 3 is 1.91 bits per heavy atom. The van der Waals surface area contributed by atoms with Crippen LogP contribution in [-0.2, 0) is 5.41 Å². The van der Waals surface area contributed by atoms with Crippen LogP contribution in [0.2, 0.25) is 0 Å². The van der Waals surface area contributed by atoms with Gasteiger partial charge in [-0.25, -0.2) is 0 Å². The summed E-state index contributed by atoms with van der Waals surface area (Å²) < 4.78 is 6.71. The average Bonchev–Trinajstić information content (AvgIpc) is 3.57. The van der Waals surface area contributed by atoms with Crippen LogP contribution in [0.5, 0.6) is 0 Å². The first-order chi connectivity index (χ1) is 22.1. The van der Waals surface area contributed by atoms with Crippen molar-refractivity contribution in [3.8, 4) is 22.3 Å². The molecule has 214 valence electrons. The van der Waals surface area contributed by atoms with Crippen molar-refractivity contribution in [3.63, 3.8) is 0 Å². The molecule has 7 aromatic carbocycles. The molecule has 0 unspecified atom stereocenters. The maximum absolute atomic E-state index is 6.71. The summed E-state index contributed by atoms with van der Waals surface area (Å²) in [4.78, 5) is 2.35. The van der Waals surface area contributed by atoms with Crippen molar-refractivity contribution in [1.29, 1.82) is 0 Å². The molecule has 0 atom stereocenters. The summed E-state index contributed by atoms with van der Waals surface area (Å²) in [7, 11) is 0. The number of anilines is 3. The molecule has 0 radical (unpaired) electrons. The molecule has 2 nitrogen and oxygen atoms in total. The van der Waals surface area contributed by atoms with Crippen LogP contribution in [0.1, 0.15) is 25.0 Å². The lowest BCUT2D eigenvalue weighted by atomic mass is 9.82. The smallest absolute Gasteiger partial charge is 0.137 e. The van der Waals surface area contributed by atoms with Crippen LogP contribution >= 0.6 is 0 Å². The summed E-state index contributed by atoms with van der Waals surface area (Å²) in [6.45, 7) is 4.67. The van der Waals surface area contributed by atoms with Crippen molar-refractivity contribution in [3.05, 3.63) is 163 Å². The molecule has 0 saturated heterocycles. The lowest BCUT2D eigenvalue weighted by Gasteiger charge is -2.28. The molecule has 0 saturated carbocycles. The molecule has 9 rings (SSSR count). The normalized spacial score (nSPS) is 13.3. The van der Waals surface area contributed by atoms with E-state index in [0.29, 0.717) is 0 Å². The number of furan rings is 1. The number of hydrogen-bond donors (Lipinski definition) is 0. The van der Waals surface area contributed by atoms with Crippen molar-refractivity contribution < 1.29 is 4.42 Å². The van der Waals surface area contributed by atoms with E-state index in [1.54, 1.807) is 0 Å². The highest BCUT2D eigenvalue weighted by Crippen LogP contribution is 2.51. The quantitative estimate of drug-likeness (QED) is 0.207. The van der Waals surface area contributed by atoms with Crippen LogP contribution in [0.25, 0.3) is 55.0 Å². The topological polar surface area (TPSA) is 16.4 Å². The van der Waals surface area contributed by atoms with Crippen molar-refractivity contribution in [2.75, 3.05) is 4.90 Å². The van der Waals surface area contributed by atoms with Crippen LogP contribution in [0.15, 0.2) is 156 Å². The fourth-order valence-corrected chi connectivity index (χ4v) is 7.48. The van der Waals surface area contributed by atoms with Crippen LogP contribution in [0, 0.1) is 0 Å². The van der Waals surface area contributed by atoms with Gasteiger partial charge >= 0.3 is 0 Å². The summed E-state index contributed by atoms with van der Waals surface area (Å²) >= 11 is 0. The third kappa shape index (κ3) is 3.89. The van der Waals surface area contributed by atoms with Gasteiger partial charge in [0.1, 0.15) is 11.2 Å². The van der Waals surface area contributed by atoms with Gasteiger partial charge < -0.3 is 9.32 Å². The molecule has 0 spiro atoms. The summed E-state index contributed by atoms with van der Waals surface area (Å²) in [5.41, 5.74) is 12.8. The van der Waals surface area contributed by atoms with Gasteiger partial charge in [0.2, 0.25) is 0 Å². The summed E-state index contributed by atoms with van der Waals surface area (Å²) in [5.74, 6) is 0. The molecule has 0 bridgehead atoms. The predicted octanol–water partition coefficient (Wildman–Crippen LogP) is 12.2. The first kappa shape index (κ1) is 25.9. The molecular weight excluding hydrogens is 546 g/mol. The van der Waals surface area contributed by atoms with Gasteiger partial charge in [0, 0.05) is 39.3 Å². The number of nitrogens with zero attached hydrogens (tertiary/aromatic N) is 1. The Kier molecular flexibility index (Phi) is 5.58. The van der Waals surface area contributed by atoms with E-state index in [0.717, 1.165) is 39.0 Å². The number of para-hydroxylation sites is 1. The molecule has 0 fully saturated rings. The highest BCUT2D eigenvalue weighted by molar-refractivity contribution is 6.22. The van der Waals surface area contributed by atoms with Gasteiger partial charge in [-0.1, -0.05) is 117 Å². The zero-order valence-electron chi connectivity index (χ0n) is 25.3. The van der Waals surface area contributed by atoms with Crippen LogP contribution < -0.4 is 4.90 Å². The average molecular weight is 578 g/mol. The van der Waals surface area contributed by atoms with E-state index < -0.39 is 0 Å². The number of hydrogen-bond acceptors (Lipinski definition) is 2. The highest BCUT2D eigenvalue weighted by Gasteiger charge is 2.35. The van der Waals surface area contributed by atoms with E-state index in [4.69, 9.17) is 4.42 Å². The second kappa shape index (κ2) is 9.70. The summed E-state index contributed by atoms with van der Waals surface area (Å²) in [6.07, 6.45) is 0. The Morgan fingerprint density at radius 1 is 0.444 bits per heavy atom. The maximum Gasteiger partial charge on any atom is 0.137 e. The van der Waals surface area contributed by atoms with Gasteiger partial charge in [0.25, 0.3) is 0 Å². The minimum absolute atomic E-state index is 0.0789. The van der Waals surface area contributed by atoms with E-state index >= 15 is 0 Å². The Balaban J connectivity index is 1.24. The first-order valence-corrected chi connectivity index (χ1v) is 15.6. The Hall–Kier alpha value is -5.60. The highest BCUT2D eigenvalue weighted by atomic mass is 16.3. The van der Waals surface area contributed by atoms with Gasteiger partial charge in [-0.15, -0.1) is 0 Å². The van der Waals surface area contributed by atoms with Gasteiger partial charge in [-0.3, -0.25) is 0 Å². The SMILES string of the molecule is CC1(C)c2ccccc2-c2ccc(N(c3ccccc3)c3ccc4c(c3)oc3cc(-c5ccccc5)c5ccccc5c34)cc21. The minimum atomic E-state index is -0.0789. The van der Waals surface area contributed by atoms with Crippen LogP contribution in [0.3, 0.4) is 0 Å². The van der Waals surface area contributed by atoms with Gasteiger partial charge in [0.15, 0.2) is 0 Å². The van der Waals surface area contributed by atoms with Crippen molar-refractivity contribution >= 4 is 49.8 Å². The Bertz CT molecular complexity index is 2400. The molecule has 2 heteroatoms. The molecular formula is C43H31NO. The molecule has 45 heavy (non-hydrogen) atoms. The van der Waals surface area contributed by atoms with Crippen molar-refractivity contribution in [2.45, 2.75) is 19.3 Å². The Labute approximate surface area is 262 Å². The Morgan fingerprint density at radius 2 is 1.09 bits per heavy atom. The third-order valence-corrected chi connectivity index (χ3v) is 9.65. The third-order valence-electron chi connectivity index (χ3n) is 9.65. The molecule has 1 aromatic heterocycles. The van der Waals surface area contributed by atoms with E-state index in [-0.39, 0.29) is 5.41 Å². The molecule has 1 heterocycles. The second-order valence-electron chi connectivity index (χ2n) is 12.6. The molecule has 0 aliphatic heterocycles. The molecule has 0 amide bonds. The van der Waals surface area contributed by atoms with Gasteiger partial charge in [-0.05, 0) is 86.6 Å². The standard InChI is InChI=1S/C43H31NO/c1-43(2)38-20-12-11-18-33(38)34-23-21-30(25-39(34)43)44(29-15-7-4-8-16-29)31-22-24-36-40(26-31)45-41-27-37(28-13-5-3-6-14-28)32-17-9-10-19-35(32)42(36)41/h3-27H,1-2H3. The lowest BCUT2D eigenvalue weighted by Crippen LogP contribution is -2.16. The van der Waals surface area contributed by atoms with Gasteiger partial charge in [-0.2, -0.15) is 0 Å². The maximum atomic E-state index is 6.71. The predicted molar refractivity (Wildman–Crippen MR) is 189 cm³/mol. The fourth-order valence-electron chi connectivity index (χ4n) is 7.48. The molecule has 1 aliphatic rings. The van der Waals surface area contributed by atoms with E-state index in [1.807, 2.05) is 0 Å². The summed E-state index contributed by atoms with van der Waals surface area (Å²) in [5, 5.41) is 4.73. The molecule has 0 N–H and O–H groups in total. The molecule has 8 aromatic rings. The minimum Gasteiger partial charge on any atom is -0.456 e. The van der Waals surface area contributed by atoms with Crippen molar-refractivity contribution in [1.82, 2.24) is 0 Å². The fraction of sp³-hybridized carbons (Fsp3) is 0.0698. The first-order valence-electron chi connectivity index (χ1n) is 15.6. The van der Waals surface area contributed by atoms with E-state index in [2.05, 4.69) is 170 Å². The van der Waals surface area contributed by atoms with E-state index in [9.17, 15) is 0 Å². The van der Waals surface area contributed by atoms with Gasteiger partial charge in [0.05, 0.1) is 0 Å². The lowest BCUT2D eigenvalue weighted by molar-refractivity contribution is 0.660. The van der Waals surface area contributed by atoms with Crippen LogP contribution in [-0.4, -0.2) is 0 Å². The number of fused-ring (bicyclic) bond motifs is 8. The number of benzene rings is 7.